The molecule has 0 aromatic rings. The normalized spacial score (nSPS) is 23.7. The molecule has 5 nitrogen and oxygen atoms in total. The Balaban J connectivity index is 1.68. The van der Waals surface area contributed by atoms with E-state index >= 15 is 0 Å². The lowest BCUT2D eigenvalue weighted by Crippen LogP contribution is -2.46. The molecule has 122 valence electrons. The van der Waals surface area contributed by atoms with Gasteiger partial charge in [0.15, 0.2) is 0 Å². The third-order valence-corrected chi connectivity index (χ3v) is 4.61. The lowest BCUT2D eigenvalue weighted by atomic mass is 10.1. The Kier molecular flexibility index (Phi) is 7.47. The molecule has 0 aliphatic carbocycles. The summed E-state index contributed by atoms with van der Waals surface area (Å²) in [5, 5.41) is 0. The molecule has 21 heavy (non-hydrogen) atoms. The average molecular weight is 297 g/mol. The molecule has 0 spiro atoms. The highest BCUT2D eigenvalue weighted by atomic mass is 16.5. The molecular formula is C16H31N3O2. The predicted octanol–water partition coefficient (Wildman–Crippen LogP) is 1.22. The first kappa shape index (κ1) is 16.7. The monoisotopic (exact) mass is 297 g/mol. The molecule has 2 N–H and O–H groups in total. The van der Waals surface area contributed by atoms with E-state index in [9.17, 15) is 4.79 Å². The van der Waals surface area contributed by atoms with E-state index in [4.69, 9.17) is 10.5 Å². The number of amides is 1. The van der Waals surface area contributed by atoms with E-state index in [1.807, 2.05) is 0 Å². The minimum absolute atomic E-state index is 0.360. The highest BCUT2D eigenvalue weighted by molar-refractivity contribution is 5.76. The number of likely N-dealkylation sites (tertiary alicyclic amines) is 1. The van der Waals surface area contributed by atoms with Crippen molar-refractivity contribution in [1.29, 1.82) is 0 Å². The summed E-state index contributed by atoms with van der Waals surface area (Å²) >= 11 is 0. The zero-order valence-electron chi connectivity index (χ0n) is 13.3. The van der Waals surface area contributed by atoms with E-state index in [1.54, 1.807) is 0 Å². The number of hydrogen-bond donors (Lipinski definition) is 1. The molecule has 2 rings (SSSR count). The van der Waals surface area contributed by atoms with Gasteiger partial charge in [0.25, 0.3) is 0 Å². The average Bonchev–Trinajstić information content (AvgIpc) is 2.96. The van der Waals surface area contributed by atoms with Gasteiger partial charge in [-0.25, -0.2) is 0 Å². The van der Waals surface area contributed by atoms with Gasteiger partial charge in [-0.15, -0.1) is 0 Å². The zero-order chi connectivity index (χ0) is 14.9. The Morgan fingerprint density at radius 2 is 1.86 bits per heavy atom. The SMILES string of the molecule is NCCCCCCC(=O)N1CCCC1CN1CCOCC1. The van der Waals surface area contributed by atoms with Gasteiger partial charge in [0.2, 0.25) is 5.91 Å². The van der Waals surface area contributed by atoms with Crippen molar-refractivity contribution in [2.75, 3.05) is 45.9 Å². The molecule has 5 heteroatoms. The molecule has 1 atom stereocenters. The van der Waals surface area contributed by atoms with Gasteiger partial charge < -0.3 is 15.4 Å². The number of rotatable bonds is 8. The fourth-order valence-electron chi connectivity index (χ4n) is 3.35. The number of hydrogen-bond acceptors (Lipinski definition) is 4. The number of nitrogens with two attached hydrogens (primary N) is 1. The Hall–Kier alpha value is -0.650. The Morgan fingerprint density at radius 1 is 1.10 bits per heavy atom. The van der Waals surface area contributed by atoms with Gasteiger partial charge in [-0.1, -0.05) is 12.8 Å². The first-order chi connectivity index (χ1) is 10.3. The van der Waals surface area contributed by atoms with E-state index in [-0.39, 0.29) is 0 Å². The van der Waals surface area contributed by atoms with Crippen molar-refractivity contribution in [1.82, 2.24) is 9.80 Å². The maximum atomic E-state index is 12.4. The van der Waals surface area contributed by atoms with Crippen molar-refractivity contribution in [2.45, 2.75) is 51.0 Å². The van der Waals surface area contributed by atoms with Crippen molar-refractivity contribution in [3.63, 3.8) is 0 Å². The smallest absolute Gasteiger partial charge is 0.222 e. The molecule has 2 aliphatic heterocycles. The van der Waals surface area contributed by atoms with Gasteiger partial charge in [0.1, 0.15) is 0 Å². The molecule has 2 fully saturated rings. The number of ether oxygens (including phenoxy) is 1. The lowest BCUT2D eigenvalue weighted by molar-refractivity contribution is -0.132. The maximum absolute atomic E-state index is 12.4. The molecule has 2 heterocycles. The fraction of sp³-hybridized carbons (Fsp3) is 0.938. The van der Waals surface area contributed by atoms with Crippen molar-refractivity contribution in [2.24, 2.45) is 5.73 Å². The largest absolute Gasteiger partial charge is 0.379 e. The van der Waals surface area contributed by atoms with Crippen molar-refractivity contribution >= 4 is 5.91 Å². The first-order valence-electron chi connectivity index (χ1n) is 8.61. The number of unbranched alkanes of at least 4 members (excludes halogenated alkanes) is 3. The lowest BCUT2D eigenvalue weighted by Gasteiger charge is -2.33. The quantitative estimate of drug-likeness (QED) is 0.684. The van der Waals surface area contributed by atoms with Crippen LogP contribution in [0.3, 0.4) is 0 Å². The van der Waals surface area contributed by atoms with Gasteiger partial charge in [-0.05, 0) is 32.2 Å². The molecule has 2 aliphatic rings. The third kappa shape index (κ3) is 5.57. The Morgan fingerprint density at radius 3 is 2.62 bits per heavy atom. The van der Waals surface area contributed by atoms with Crippen LogP contribution in [0.4, 0.5) is 0 Å². The summed E-state index contributed by atoms with van der Waals surface area (Å²) in [6.07, 6.45) is 7.41. The molecule has 2 saturated heterocycles. The summed E-state index contributed by atoms with van der Waals surface area (Å²) in [7, 11) is 0. The second-order valence-electron chi connectivity index (χ2n) is 6.25. The van der Waals surface area contributed by atoms with E-state index in [2.05, 4.69) is 9.80 Å². The summed E-state index contributed by atoms with van der Waals surface area (Å²) in [6, 6.07) is 0.430. The number of carbonyl (C=O) groups is 1. The van der Waals surface area contributed by atoms with E-state index in [0.29, 0.717) is 18.4 Å². The first-order valence-corrected chi connectivity index (χ1v) is 8.61. The highest BCUT2D eigenvalue weighted by Crippen LogP contribution is 2.20. The minimum Gasteiger partial charge on any atom is -0.379 e. The van der Waals surface area contributed by atoms with Crippen LogP contribution in [-0.2, 0) is 9.53 Å². The van der Waals surface area contributed by atoms with Gasteiger partial charge in [0, 0.05) is 38.6 Å². The molecule has 1 unspecified atom stereocenters. The zero-order valence-corrected chi connectivity index (χ0v) is 13.3. The molecular weight excluding hydrogens is 266 g/mol. The molecule has 0 saturated carbocycles. The second-order valence-corrected chi connectivity index (χ2v) is 6.25. The van der Waals surface area contributed by atoms with Crippen molar-refractivity contribution < 1.29 is 9.53 Å². The van der Waals surface area contributed by atoms with Crippen molar-refractivity contribution in [3.8, 4) is 0 Å². The maximum Gasteiger partial charge on any atom is 0.222 e. The molecule has 0 radical (unpaired) electrons. The number of carbonyl (C=O) groups excluding carboxylic acids is 1. The summed E-state index contributed by atoms with van der Waals surface area (Å²) in [6.45, 7) is 6.44. The number of nitrogens with zero attached hydrogens (tertiary/aromatic N) is 2. The summed E-state index contributed by atoms with van der Waals surface area (Å²) in [5.74, 6) is 0.360. The van der Waals surface area contributed by atoms with Gasteiger partial charge >= 0.3 is 0 Å². The predicted molar refractivity (Wildman–Crippen MR) is 84.1 cm³/mol. The topological polar surface area (TPSA) is 58.8 Å². The van der Waals surface area contributed by atoms with Crippen LogP contribution in [0, 0.1) is 0 Å². The fourth-order valence-corrected chi connectivity index (χ4v) is 3.35. The van der Waals surface area contributed by atoms with Crippen LogP contribution in [0.1, 0.15) is 44.9 Å². The summed E-state index contributed by atoms with van der Waals surface area (Å²) in [4.78, 5) is 17.0. The Bertz CT molecular complexity index is 306. The summed E-state index contributed by atoms with van der Waals surface area (Å²) < 4.78 is 5.39. The molecule has 0 bridgehead atoms. The summed E-state index contributed by atoms with van der Waals surface area (Å²) in [5.41, 5.74) is 5.49. The third-order valence-electron chi connectivity index (χ3n) is 4.61. The molecule has 1 amide bonds. The van der Waals surface area contributed by atoms with E-state index in [1.165, 1.54) is 0 Å². The van der Waals surface area contributed by atoms with Crippen LogP contribution >= 0.6 is 0 Å². The van der Waals surface area contributed by atoms with Gasteiger partial charge in [0.05, 0.1) is 13.2 Å². The Labute approximate surface area is 128 Å². The number of morpholine rings is 1. The van der Waals surface area contributed by atoms with Crippen LogP contribution in [0.15, 0.2) is 0 Å². The van der Waals surface area contributed by atoms with Crippen molar-refractivity contribution in [3.05, 3.63) is 0 Å². The van der Waals surface area contributed by atoms with Crippen LogP contribution in [0.25, 0.3) is 0 Å². The standard InChI is InChI=1S/C16H31N3O2/c17-8-4-2-1-3-7-16(20)19-9-5-6-15(19)14-18-10-12-21-13-11-18/h15H,1-14,17H2. The van der Waals surface area contributed by atoms with Gasteiger partial charge in [-0.2, -0.15) is 0 Å². The minimum atomic E-state index is 0.360. The van der Waals surface area contributed by atoms with E-state index < -0.39 is 0 Å². The molecule has 0 aromatic heterocycles. The van der Waals surface area contributed by atoms with Crippen LogP contribution in [0.5, 0.6) is 0 Å². The van der Waals surface area contributed by atoms with Crippen LogP contribution < -0.4 is 5.73 Å². The van der Waals surface area contributed by atoms with Crippen LogP contribution in [0.2, 0.25) is 0 Å². The second kappa shape index (κ2) is 9.38. The highest BCUT2D eigenvalue weighted by Gasteiger charge is 2.29. The van der Waals surface area contributed by atoms with Gasteiger partial charge in [-0.3, -0.25) is 9.69 Å². The van der Waals surface area contributed by atoms with E-state index in [0.717, 1.165) is 84.5 Å². The molecule has 0 aromatic carbocycles. The van der Waals surface area contributed by atoms with Crippen LogP contribution in [-0.4, -0.2) is 67.7 Å².